The molecule has 3 aliphatic rings. The number of rotatable bonds is 4. The number of aliphatic hydroxyl groups excluding tert-OH is 2. The van der Waals surface area contributed by atoms with Gasteiger partial charge in [-0.2, -0.15) is 0 Å². The Kier molecular flexibility index (Phi) is 5.21. The largest absolute Gasteiger partial charge is 0.633 e. The predicted octanol–water partition coefficient (Wildman–Crippen LogP) is 4.19. The molecule has 7 heteroatoms. The van der Waals surface area contributed by atoms with Crippen LogP contribution in [0.4, 0.5) is 0 Å². The van der Waals surface area contributed by atoms with Gasteiger partial charge >= 0.3 is 7.12 Å². The molecule has 0 aromatic heterocycles. The molecule has 1 saturated carbocycles. The number of hydrogen-bond donors (Lipinski definition) is 2. The zero-order valence-electron chi connectivity index (χ0n) is 15.5. The van der Waals surface area contributed by atoms with Crippen LogP contribution in [-0.2, 0) is 14.0 Å². The van der Waals surface area contributed by atoms with E-state index in [4.69, 9.17) is 14.0 Å². The van der Waals surface area contributed by atoms with E-state index in [2.05, 4.69) is 6.92 Å². The topological polar surface area (TPSA) is 74.7 Å². The fourth-order valence-corrected chi connectivity index (χ4v) is 4.09. The minimum Gasteiger partial charge on any atom is -0.496 e. The lowest BCUT2D eigenvalue weighted by Gasteiger charge is -2.34. The van der Waals surface area contributed by atoms with Crippen LogP contribution in [0, 0.1) is 5.92 Å². The van der Waals surface area contributed by atoms with Crippen molar-refractivity contribution in [2.24, 2.45) is 5.92 Å². The van der Waals surface area contributed by atoms with Gasteiger partial charge in [0.25, 0.3) is 11.9 Å². The summed E-state index contributed by atoms with van der Waals surface area (Å²) >= 11 is 0. The minimum absolute atomic E-state index is 0.132. The van der Waals surface area contributed by atoms with Crippen molar-refractivity contribution in [3.05, 3.63) is 60.2 Å². The summed E-state index contributed by atoms with van der Waals surface area (Å²) in [6.45, 7) is 2.10. The number of hydrogen-bond acceptors (Lipinski definition) is 6. The molecule has 0 amide bonds. The number of benzene rings is 1. The zero-order chi connectivity index (χ0) is 18.8. The molecule has 2 aliphatic heterocycles. The molecule has 0 bridgehead atoms. The fraction of sp³-hybridized carbons (Fsp3) is 0.500. The predicted molar refractivity (Wildman–Crippen MR) is 101 cm³/mol. The third-order valence-electron chi connectivity index (χ3n) is 5.72. The van der Waals surface area contributed by atoms with E-state index in [-0.39, 0.29) is 30.0 Å². The van der Waals surface area contributed by atoms with Gasteiger partial charge in [0.05, 0.1) is 12.4 Å². The molecule has 0 spiro atoms. The highest BCUT2D eigenvalue weighted by atomic mass is 16.7. The molecule has 1 aromatic rings. The quantitative estimate of drug-likeness (QED) is 0.611. The second-order valence-electron chi connectivity index (χ2n) is 7.56. The van der Waals surface area contributed by atoms with Gasteiger partial charge in [0, 0.05) is 6.04 Å². The van der Waals surface area contributed by atoms with Gasteiger partial charge in [-0.1, -0.05) is 49.6 Å². The molecule has 3 atom stereocenters. The van der Waals surface area contributed by atoms with Gasteiger partial charge in [-0.3, -0.25) is 0 Å². The van der Waals surface area contributed by atoms with Crippen LogP contribution >= 0.6 is 0 Å². The molecule has 1 saturated heterocycles. The number of nitrogens with zero attached hydrogens (tertiary/aromatic N) is 1. The molecule has 6 nitrogen and oxygen atoms in total. The lowest BCUT2D eigenvalue weighted by atomic mass is 9.80. The normalized spacial score (nSPS) is 29.4. The number of epoxide rings is 1. The number of ether oxygens (including phenoxy) is 1. The van der Waals surface area contributed by atoms with E-state index in [1.165, 1.54) is 31.7 Å². The van der Waals surface area contributed by atoms with Crippen LogP contribution in [0.1, 0.15) is 50.7 Å². The third kappa shape index (κ3) is 4.19. The van der Waals surface area contributed by atoms with E-state index in [0.29, 0.717) is 5.92 Å². The molecule has 27 heavy (non-hydrogen) atoms. The molecule has 3 unspecified atom stereocenters. The van der Waals surface area contributed by atoms with E-state index >= 15 is 0 Å². The highest BCUT2D eigenvalue weighted by Gasteiger charge is 2.55. The summed E-state index contributed by atoms with van der Waals surface area (Å²) < 4.78 is 16.7. The van der Waals surface area contributed by atoms with Crippen LogP contribution in [0.25, 0.3) is 0 Å². The Balaban J connectivity index is 1.44. The first kappa shape index (κ1) is 18.1. The van der Waals surface area contributed by atoms with Crippen LogP contribution in [0.2, 0.25) is 0 Å². The lowest BCUT2D eigenvalue weighted by molar-refractivity contribution is 0.0994. The Morgan fingerprint density at radius 2 is 1.63 bits per heavy atom. The standard InChI is InChI=1S/C20H26BNO5/c1-14(15-8-4-2-5-9-15)22-12-17(23)26-21(27-18(24)13-22)20-19(25-20)16-10-6-3-7-11-16/h3,6-7,10-15,19-20,23-24H,2,4-5,8-9H2,1H3/b17-12-,18-13?. The van der Waals surface area contributed by atoms with E-state index < -0.39 is 7.12 Å². The van der Waals surface area contributed by atoms with Crippen molar-refractivity contribution in [3.8, 4) is 0 Å². The maximum atomic E-state index is 10.3. The van der Waals surface area contributed by atoms with E-state index in [1.807, 2.05) is 30.3 Å². The van der Waals surface area contributed by atoms with Crippen LogP contribution in [0.5, 0.6) is 0 Å². The SMILES string of the molecule is CC(C1CCCCC1)N1C=C(O)OB(C2OC2c2ccccc2)O/C(O)=C\1. The van der Waals surface area contributed by atoms with Crippen molar-refractivity contribution >= 4 is 7.12 Å². The molecule has 2 fully saturated rings. The van der Waals surface area contributed by atoms with E-state index in [9.17, 15) is 10.2 Å². The summed E-state index contributed by atoms with van der Waals surface area (Å²) in [6, 6.07) is 9.49. The molecule has 2 heterocycles. The Morgan fingerprint density at radius 3 is 2.26 bits per heavy atom. The summed E-state index contributed by atoms with van der Waals surface area (Å²) in [7, 11) is -0.908. The van der Waals surface area contributed by atoms with Gasteiger partial charge in [-0.05, 0) is 31.2 Å². The molecule has 0 radical (unpaired) electrons. The van der Waals surface area contributed by atoms with Gasteiger partial charge in [0.15, 0.2) is 6.00 Å². The first-order chi connectivity index (χ1) is 13.1. The van der Waals surface area contributed by atoms with Gasteiger partial charge in [-0.15, -0.1) is 0 Å². The average molecular weight is 371 g/mol. The van der Waals surface area contributed by atoms with E-state index in [0.717, 1.165) is 18.4 Å². The summed E-state index contributed by atoms with van der Waals surface area (Å²) in [5.74, 6) is 0.0266. The van der Waals surface area contributed by atoms with Crippen molar-refractivity contribution in [2.45, 2.75) is 57.2 Å². The van der Waals surface area contributed by atoms with Crippen LogP contribution in [0.15, 0.2) is 54.6 Å². The first-order valence-electron chi connectivity index (χ1n) is 9.74. The Bertz CT molecular complexity index is 682. The van der Waals surface area contributed by atoms with Gasteiger partial charge in [0.1, 0.15) is 6.10 Å². The van der Waals surface area contributed by atoms with Crippen molar-refractivity contribution in [2.75, 3.05) is 0 Å². The second kappa shape index (κ2) is 7.76. The highest BCUT2D eigenvalue weighted by molar-refractivity contribution is 6.48. The number of aliphatic hydroxyl groups is 2. The molecule has 2 N–H and O–H groups in total. The maximum Gasteiger partial charge on any atom is 0.633 e. The molecular weight excluding hydrogens is 345 g/mol. The van der Waals surface area contributed by atoms with Gasteiger partial charge in [-0.25, -0.2) is 0 Å². The minimum atomic E-state index is -0.908. The maximum absolute atomic E-state index is 10.3. The van der Waals surface area contributed by atoms with Gasteiger partial charge < -0.3 is 29.2 Å². The summed E-state index contributed by atoms with van der Waals surface area (Å²) in [4.78, 5) is 1.78. The molecule has 4 rings (SSSR count). The Labute approximate surface area is 160 Å². The molecule has 1 aliphatic carbocycles. The third-order valence-corrected chi connectivity index (χ3v) is 5.72. The van der Waals surface area contributed by atoms with Crippen LogP contribution < -0.4 is 0 Å². The first-order valence-corrected chi connectivity index (χ1v) is 9.74. The summed E-state index contributed by atoms with van der Waals surface area (Å²) in [5.41, 5.74) is 1.01. The van der Waals surface area contributed by atoms with Crippen molar-refractivity contribution in [1.29, 1.82) is 0 Å². The monoisotopic (exact) mass is 371 g/mol. The lowest BCUT2D eigenvalue weighted by Crippen LogP contribution is -2.37. The second-order valence-corrected chi connectivity index (χ2v) is 7.56. The molecule has 144 valence electrons. The summed E-state index contributed by atoms with van der Waals surface area (Å²) in [5, 5.41) is 20.5. The van der Waals surface area contributed by atoms with Crippen LogP contribution in [-0.4, -0.2) is 34.3 Å². The fourth-order valence-electron chi connectivity index (χ4n) is 4.09. The van der Waals surface area contributed by atoms with Crippen LogP contribution in [0.3, 0.4) is 0 Å². The zero-order valence-corrected chi connectivity index (χ0v) is 15.5. The van der Waals surface area contributed by atoms with E-state index in [1.54, 1.807) is 4.90 Å². The van der Waals surface area contributed by atoms with Crippen molar-refractivity contribution in [3.63, 3.8) is 0 Å². The van der Waals surface area contributed by atoms with Gasteiger partial charge in [0.2, 0.25) is 0 Å². The smallest absolute Gasteiger partial charge is 0.496 e. The Morgan fingerprint density at radius 1 is 1.00 bits per heavy atom. The Hall–Kier alpha value is -2.28. The average Bonchev–Trinajstić information content (AvgIpc) is 3.47. The van der Waals surface area contributed by atoms with Crippen molar-refractivity contribution in [1.82, 2.24) is 4.90 Å². The summed E-state index contributed by atoms with van der Waals surface area (Å²) in [6.07, 6.45) is 8.90. The van der Waals surface area contributed by atoms with Crippen molar-refractivity contribution < 1.29 is 24.3 Å². The molecular formula is C20H26BNO5. The molecule has 1 aromatic carbocycles. The highest BCUT2D eigenvalue weighted by Crippen LogP contribution is 2.41.